The molecule has 0 radical (unpaired) electrons. The number of anilines is 1. The smallest absolute Gasteiger partial charge is 0.250 e. The molecule has 1 saturated heterocycles. The Morgan fingerprint density at radius 1 is 1.38 bits per heavy atom. The summed E-state index contributed by atoms with van der Waals surface area (Å²) in [7, 11) is 0. The van der Waals surface area contributed by atoms with E-state index in [9.17, 15) is 9.59 Å². The first kappa shape index (κ1) is 15.8. The first-order chi connectivity index (χ1) is 10.1. The summed E-state index contributed by atoms with van der Waals surface area (Å²) in [5, 5.41) is 6.14. The Morgan fingerprint density at radius 3 is 2.76 bits per heavy atom. The van der Waals surface area contributed by atoms with Crippen LogP contribution in [0.15, 0.2) is 18.2 Å². The summed E-state index contributed by atoms with van der Waals surface area (Å²) in [5.74, 6) is -0.909. The maximum atomic E-state index is 11.8. The molecule has 1 fully saturated rings. The van der Waals surface area contributed by atoms with E-state index in [2.05, 4.69) is 10.6 Å². The van der Waals surface area contributed by atoms with Gasteiger partial charge in [-0.3, -0.25) is 9.59 Å². The van der Waals surface area contributed by atoms with Gasteiger partial charge in [0.05, 0.1) is 16.7 Å². The molecule has 114 valence electrons. The molecule has 1 aliphatic heterocycles. The van der Waals surface area contributed by atoms with E-state index in [0.717, 1.165) is 25.9 Å². The van der Waals surface area contributed by atoms with Gasteiger partial charge in [0.15, 0.2) is 0 Å². The Hall–Kier alpha value is -1.63. The summed E-state index contributed by atoms with van der Waals surface area (Å²) in [6.45, 7) is 1.80. The van der Waals surface area contributed by atoms with E-state index in [0.29, 0.717) is 5.69 Å². The number of amides is 2. The van der Waals surface area contributed by atoms with Crippen LogP contribution in [-0.2, 0) is 9.53 Å². The molecule has 1 heterocycles. The van der Waals surface area contributed by atoms with Crippen LogP contribution in [0.2, 0.25) is 5.02 Å². The molecule has 21 heavy (non-hydrogen) atoms. The average molecular weight is 312 g/mol. The number of nitrogens with one attached hydrogen (secondary N) is 2. The third-order valence-corrected chi connectivity index (χ3v) is 3.58. The van der Waals surface area contributed by atoms with E-state index in [1.807, 2.05) is 0 Å². The number of primary amides is 1. The fourth-order valence-corrected chi connectivity index (χ4v) is 2.36. The zero-order chi connectivity index (χ0) is 15.2. The highest BCUT2D eigenvalue weighted by Crippen LogP contribution is 2.20. The fraction of sp³-hybridized carbons (Fsp3) is 0.429. The summed E-state index contributed by atoms with van der Waals surface area (Å²) in [4.78, 5) is 23.0. The van der Waals surface area contributed by atoms with Crippen LogP contribution < -0.4 is 16.4 Å². The van der Waals surface area contributed by atoms with Gasteiger partial charge in [-0.15, -0.1) is 0 Å². The van der Waals surface area contributed by atoms with Crippen LogP contribution in [0, 0.1) is 0 Å². The lowest BCUT2D eigenvalue weighted by molar-refractivity contribution is -0.123. The van der Waals surface area contributed by atoms with Crippen LogP contribution in [-0.4, -0.2) is 37.6 Å². The number of rotatable bonds is 5. The second-order valence-electron chi connectivity index (χ2n) is 4.87. The van der Waals surface area contributed by atoms with E-state index in [4.69, 9.17) is 22.1 Å². The Bertz CT molecular complexity index is 530. The highest BCUT2D eigenvalue weighted by molar-refractivity contribution is 6.33. The van der Waals surface area contributed by atoms with Gasteiger partial charge in [-0.05, 0) is 44.1 Å². The minimum Gasteiger partial charge on any atom is -0.368 e. The second-order valence-corrected chi connectivity index (χ2v) is 5.27. The molecule has 7 heteroatoms. The van der Waals surface area contributed by atoms with Crippen molar-refractivity contribution in [2.75, 3.05) is 25.0 Å². The first-order valence-corrected chi connectivity index (χ1v) is 7.15. The molecule has 0 atom stereocenters. The quantitative estimate of drug-likeness (QED) is 0.760. The van der Waals surface area contributed by atoms with Crippen molar-refractivity contribution in [1.82, 2.24) is 5.32 Å². The van der Waals surface area contributed by atoms with Gasteiger partial charge in [-0.2, -0.15) is 0 Å². The van der Waals surface area contributed by atoms with Crippen LogP contribution in [0.4, 0.5) is 5.69 Å². The molecule has 0 bridgehead atoms. The van der Waals surface area contributed by atoms with Crippen LogP contribution in [0.1, 0.15) is 23.2 Å². The normalized spacial score (nSPS) is 15.7. The average Bonchev–Trinajstić information content (AvgIpc) is 2.48. The van der Waals surface area contributed by atoms with Crippen LogP contribution in [0.5, 0.6) is 0 Å². The van der Waals surface area contributed by atoms with Crippen molar-refractivity contribution in [2.24, 2.45) is 5.73 Å². The molecular formula is C14H18ClN3O3. The van der Waals surface area contributed by atoms with E-state index >= 15 is 0 Å². The molecule has 0 spiro atoms. The minimum absolute atomic E-state index is 0.0147. The van der Waals surface area contributed by atoms with Crippen molar-refractivity contribution in [3.63, 3.8) is 0 Å². The zero-order valence-corrected chi connectivity index (χ0v) is 12.3. The largest absolute Gasteiger partial charge is 0.368 e. The first-order valence-electron chi connectivity index (χ1n) is 6.78. The number of benzene rings is 1. The lowest BCUT2D eigenvalue weighted by atomic mass is 10.1. The summed E-state index contributed by atoms with van der Waals surface area (Å²) >= 11 is 5.85. The van der Waals surface area contributed by atoms with E-state index in [1.54, 1.807) is 6.07 Å². The molecule has 0 aliphatic carbocycles. The fourth-order valence-electron chi connectivity index (χ4n) is 2.14. The summed E-state index contributed by atoms with van der Waals surface area (Å²) in [6, 6.07) is 4.58. The third-order valence-electron chi connectivity index (χ3n) is 3.25. The zero-order valence-electron chi connectivity index (χ0n) is 11.5. The summed E-state index contributed by atoms with van der Waals surface area (Å²) in [6.07, 6.45) is 1.92. The Labute approximate surface area is 128 Å². The maximum absolute atomic E-state index is 11.8. The second kappa shape index (κ2) is 7.40. The number of carbonyl (C=O) groups excluding carboxylic acids is 2. The molecule has 0 aromatic heterocycles. The molecule has 4 N–H and O–H groups in total. The predicted molar refractivity (Wildman–Crippen MR) is 80.4 cm³/mol. The Morgan fingerprint density at radius 2 is 2.10 bits per heavy atom. The summed E-state index contributed by atoms with van der Waals surface area (Å²) < 4.78 is 5.55. The molecule has 1 aromatic rings. The van der Waals surface area contributed by atoms with E-state index in [-0.39, 0.29) is 29.2 Å². The van der Waals surface area contributed by atoms with Gasteiger partial charge in [0.1, 0.15) is 6.61 Å². The monoisotopic (exact) mass is 311 g/mol. The lowest BCUT2D eigenvalue weighted by Crippen LogP contribution is -2.34. The number of nitrogens with two attached hydrogens (primary N) is 1. The van der Waals surface area contributed by atoms with Crippen LogP contribution in [0.25, 0.3) is 0 Å². The molecule has 0 saturated carbocycles. The van der Waals surface area contributed by atoms with Crippen LogP contribution >= 0.6 is 11.6 Å². The molecule has 1 aromatic carbocycles. The SMILES string of the molecule is NC(=O)c1cc(NC(=O)COC2CCNCC2)ccc1Cl. The van der Waals surface area contributed by atoms with Gasteiger partial charge >= 0.3 is 0 Å². The molecule has 2 rings (SSSR count). The number of hydrogen-bond donors (Lipinski definition) is 3. The Balaban J connectivity index is 1.87. The molecule has 0 unspecified atom stereocenters. The number of hydrogen-bond acceptors (Lipinski definition) is 4. The van der Waals surface area contributed by atoms with Crippen molar-refractivity contribution in [1.29, 1.82) is 0 Å². The third kappa shape index (κ3) is 4.70. The van der Waals surface area contributed by atoms with Gasteiger partial charge < -0.3 is 21.1 Å². The van der Waals surface area contributed by atoms with Crippen molar-refractivity contribution in [3.05, 3.63) is 28.8 Å². The summed E-state index contributed by atoms with van der Waals surface area (Å²) in [5.41, 5.74) is 5.84. The van der Waals surface area contributed by atoms with E-state index < -0.39 is 5.91 Å². The number of halogens is 1. The van der Waals surface area contributed by atoms with Gasteiger partial charge in [-0.25, -0.2) is 0 Å². The predicted octanol–water partition coefficient (Wildman–Crippen LogP) is 1.15. The number of ether oxygens (including phenoxy) is 1. The molecule has 6 nitrogen and oxygen atoms in total. The lowest BCUT2D eigenvalue weighted by Gasteiger charge is -2.22. The van der Waals surface area contributed by atoms with Crippen LogP contribution in [0.3, 0.4) is 0 Å². The highest BCUT2D eigenvalue weighted by atomic mass is 35.5. The van der Waals surface area contributed by atoms with Gasteiger partial charge in [0.25, 0.3) is 0 Å². The highest BCUT2D eigenvalue weighted by Gasteiger charge is 2.15. The van der Waals surface area contributed by atoms with Crippen molar-refractivity contribution >= 4 is 29.1 Å². The minimum atomic E-state index is -0.637. The maximum Gasteiger partial charge on any atom is 0.250 e. The number of carbonyl (C=O) groups is 2. The van der Waals surface area contributed by atoms with Crippen molar-refractivity contribution in [3.8, 4) is 0 Å². The number of piperidine rings is 1. The topological polar surface area (TPSA) is 93.5 Å². The van der Waals surface area contributed by atoms with Gasteiger partial charge in [0, 0.05) is 5.69 Å². The van der Waals surface area contributed by atoms with Crippen molar-refractivity contribution < 1.29 is 14.3 Å². The molecular weight excluding hydrogens is 294 g/mol. The molecule has 2 amide bonds. The van der Waals surface area contributed by atoms with Gasteiger partial charge in [0.2, 0.25) is 11.8 Å². The van der Waals surface area contributed by atoms with Gasteiger partial charge in [-0.1, -0.05) is 11.6 Å². The standard InChI is InChI=1S/C14H18ClN3O3/c15-12-2-1-9(7-11(12)14(16)20)18-13(19)8-21-10-3-5-17-6-4-10/h1-2,7,10,17H,3-6,8H2,(H2,16,20)(H,18,19). The molecule has 1 aliphatic rings. The van der Waals surface area contributed by atoms with E-state index in [1.165, 1.54) is 12.1 Å². The Kier molecular flexibility index (Phi) is 5.55. The van der Waals surface area contributed by atoms with Crippen molar-refractivity contribution in [2.45, 2.75) is 18.9 Å².